The summed E-state index contributed by atoms with van der Waals surface area (Å²) in [4.78, 5) is 17.8. The average molecular weight is 628 g/mol. The lowest BCUT2D eigenvalue weighted by Gasteiger charge is -2.33. The molecule has 0 amide bonds. The van der Waals surface area contributed by atoms with Crippen LogP contribution in [0.3, 0.4) is 0 Å². The Kier molecular flexibility index (Phi) is 27.1. The molecule has 0 radical (unpaired) electrons. The van der Waals surface area contributed by atoms with E-state index in [-0.39, 0.29) is 37.5 Å². The maximum Gasteiger partial charge on any atom is 0.474 e. The Balaban J connectivity index is 0. The number of phosphoric ester groups is 2. The highest BCUT2D eigenvalue weighted by atomic mass is 35.5. The van der Waals surface area contributed by atoms with Crippen molar-refractivity contribution in [3.63, 3.8) is 0 Å². The molecule has 11 nitrogen and oxygen atoms in total. The lowest BCUT2D eigenvalue weighted by atomic mass is 10.3. The van der Waals surface area contributed by atoms with E-state index in [4.69, 9.17) is 72.4 Å². The fourth-order valence-electron chi connectivity index (χ4n) is 2.08. The highest BCUT2D eigenvalue weighted by Gasteiger charge is 2.37. The summed E-state index contributed by atoms with van der Waals surface area (Å²) in [7, 11) is -8.14. The van der Waals surface area contributed by atoms with E-state index in [0.29, 0.717) is 19.8 Å². The summed E-state index contributed by atoms with van der Waals surface area (Å²) in [6.07, 6.45) is 5.18. The lowest BCUT2D eigenvalue weighted by Crippen LogP contribution is -2.44. The normalized spacial score (nSPS) is 12.4. The fourth-order valence-corrected chi connectivity index (χ4v) is 4.13. The molecule has 36 heavy (non-hydrogen) atoms. The number of ether oxygens (including phenoxy) is 3. The minimum atomic E-state index is -4.62. The zero-order chi connectivity index (χ0) is 27.8. The van der Waals surface area contributed by atoms with Crippen molar-refractivity contribution in [2.24, 2.45) is 0 Å². The third kappa shape index (κ3) is 24.0. The minimum absolute atomic E-state index is 0.0867. The highest BCUT2D eigenvalue weighted by molar-refractivity contribution is 7.48. The molecule has 0 saturated carbocycles. The number of hydrogen-bond acceptors (Lipinski definition) is 9. The van der Waals surface area contributed by atoms with Crippen molar-refractivity contribution in [1.29, 1.82) is 0 Å². The Morgan fingerprint density at radius 3 is 1.19 bits per heavy atom. The van der Waals surface area contributed by atoms with Gasteiger partial charge in [0.2, 0.25) is 0 Å². The molecule has 0 aromatic carbocycles. The van der Waals surface area contributed by atoms with E-state index in [1.807, 2.05) is 20.8 Å². The average Bonchev–Trinajstić information content (AvgIpc) is 2.84. The third-order valence-corrected chi connectivity index (χ3v) is 6.27. The van der Waals surface area contributed by atoms with Crippen molar-refractivity contribution in [2.75, 3.05) is 63.9 Å². The first kappa shape index (κ1) is 39.1. The zero-order valence-electron chi connectivity index (χ0n) is 21.4. The van der Waals surface area contributed by atoms with Gasteiger partial charge in [0.1, 0.15) is 6.61 Å². The number of halogens is 3. The van der Waals surface area contributed by atoms with Crippen molar-refractivity contribution in [3.05, 3.63) is 0 Å². The van der Waals surface area contributed by atoms with Crippen LogP contribution in [0.25, 0.3) is 0 Å². The van der Waals surface area contributed by atoms with E-state index >= 15 is 0 Å². The SMILES string of the molecule is CCCCOC(COP(=O)(O)O)(OCCCC)OCCCC.O=P(OCCCl)(OCCCl)OCCCl. The van der Waals surface area contributed by atoms with Gasteiger partial charge in [-0.2, -0.15) is 0 Å². The van der Waals surface area contributed by atoms with Gasteiger partial charge in [0.25, 0.3) is 0 Å². The van der Waals surface area contributed by atoms with Crippen molar-refractivity contribution in [3.8, 4) is 0 Å². The van der Waals surface area contributed by atoms with Crippen LogP contribution in [0.5, 0.6) is 0 Å². The van der Waals surface area contributed by atoms with Crippen LogP contribution in [0, 0.1) is 0 Å². The van der Waals surface area contributed by atoms with E-state index < -0.39 is 28.2 Å². The first-order valence-electron chi connectivity index (χ1n) is 11.9. The van der Waals surface area contributed by atoms with Gasteiger partial charge in [-0.3, -0.25) is 18.1 Å². The van der Waals surface area contributed by atoms with Gasteiger partial charge < -0.3 is 24.0 Å². The molecule has 0 aliphatic carbocycles. The molecule has 16 heteroatoms. The fraction of sp³-hybridized carbons (Fsp3) is 1.00. The minimum Gasteiger partial charge on any atom is -0.326 e. The van der Waals surface area contributed by atoms with Crippen molar-refractivity contribution >= 4 is 50.4 Å². The Labute approximate surface area is 230 Å². The van der Waals surface area contributed by atoms with E-state index in [1.54, 1.807) is 0 Å². The number of phosphoric acid groups is 2. The molecule has 0 bridgehead atoms. The Bertz CT molecular complexity index is 530. The van der Waals surface area contributed by atoms with Crippen LogP contribution in [-0.4, -0.2) is 79.6 Å². The topological polar surface area (TPSA) is 139 Å². The van der Waals surface area contributed by atoms with Crippen LogP contribution in [0.1, 0.15) is 59.3 Å². The van der Waals surface area contributed by atoms with Crippen LogP contribution in [0.15, 0.2) is 0 Å². The smallest absolute Gasteiger partial charge is 0.326 e. The van der Waals surface area contributed by atoms with Gasteiger partial charge in [0.15, 0.2) is 0 Å². The molecule has 0 aliphatic heterocycles. The van der Waals surface area contributed by atoms with Crippen LogP contribution in [-0.2, 0) is 41.4 Å². The quantitative estimate of drug-likeness (QED) is 0.0559. The summed E-state index contributed by atoms with van der Waals surface area (Å²) >= 11 is 16.1. The Morgan fingerprint density at radius 2 is 0.944 bits per heavy atom. The predicted molar refractivity (Wildman–Crippen MR) is 141 cm³/mol. The second kappa shape index (κ2) is 25.0. The van der Waals surface area contributed by atoms with Gasteiger partial charge >= 0.3 is 21.6 Å². The molecule has 0 spiro atoms. The maximum absolute atomic E-state index is 11.6. The molecule has 0 unspecified atom stereocenters. The van der Waals surface area contributed by atoms with Gasteiger partial charge in [-0.05, 0) is 19.3 Å². The van der Waals surface area contributed by atoms with Gasteiger partial charge in [-0.25, -0.2) is 9.13 Å². The highest BCUT2D eigenvalue weighted by Crippen LogP contribution is 2.49. The second-order valence-electron chi connectivity index (χ2n) is 7.07. The molecule has 0 aliphatic rings. The molecular weight excluding hydrogens is 585 g/mol. The maximum atomic E-state index is 11.6. The van der Waals surface area contributed by atoms with Gasteiger partial charge in [0.05, 0.1) is 39.6 Å². The van der Waals surface area contributed by atoms with Crippen LogP contribution >= 0.6 is 50.4 Å². The first-order valence-corrected chi connectivity index (χ1v) is 16.5. The number of unbranched alkanes of at least 4 members (excludes halogenated alkanes) is 3. The van der Waals surface area contributed by atoms with Crippen LogP contribution < -0.4 is 0 Å². The van der Waals surface area contributed by atoms with E-state index in [1.165, 1.54) is 0 Å². The van der Waals surface area contributed by atoms with Crippen molar-refractivity contribution < 1.29 is 51.2 Å². The molecule has 0 atom stereocenters. The molecule has 0 fully saturated rings. The van der Waals surface area contributed by atoms with Crippen LogP contribution in [0.4, 0.5) is 0 Å². The number of rotatable bonds is 24. The van der Waals surface area contributed by atoms with E-state index in [9.17, 15) is 9.13 Å². The summed E-state index contributed by atoms with van der Waals surface area (Å²) in [6.45, 7) is 6.98. The summed E-state index contributed by atoms with van der Waals surface area (Å²) < 4.78 is 58.7. The van der Waals surface area contributed by atoms with E-state index in [0.717, 1.165) is 38.5 Å². The summed E-state index contributed by atoms with van der Waals surface area (Å²) in [6, 6.07) is 0. The molecular formula is C20H43Cl3O11P2. The molecule has 0 saturated heterocycles. The van der Waals surface area contributed by atoms with Crippen molar-refractivity contribution in [2.45, 2.75) is 65.3 Å². The molecule has 220 valence electrons. The summed E-state index contributed by atoms with van der Waals surface area (Å²) in [5.41, 5.74) is 0. The predicted octanol–water partition coefficient (Wildman–Crippen LogP) is 6.06. The van der Waals surface area contributed by atoms with Crippen molar-refractivity contribution in [1.82, 2.24) is 0 Å². The zero-order valence-corrected chi connectivity index (χ0v) is 25.5. The van der Waals surface area contributed by atoms with E-state index in [2.05, 4.69) is 4.52 Å². The van der Waals surface area contributed by atoms with Crippen LogP contribution in [0.2, 0.25) is 0 Å². The Morgan fingerprint density at radius 1 is 0.611 bits per heavy atom. The summed E-state index contributed by atoms with van der Waals surface area (Å²) in [5.74, 6) is -0.935. The molecule has 0 aromatic rings. The van der Waals surface area contributed by atoms with Gasteiger partial charge in [-0.1, -0.05) is 40.0 Å². The van der Waals surface area contributed by atoms with Gasteiger partial charge in [-0.15, -0.1) is 34.8 Å². The lowest BCUT2D eigenvalue weighted by molar-refractivity contribution is -0.390. The molecule has 0 heterocycles. The number of alkyl halides is 3. The monoisotopic (exact) mass is 626 g/mol. The standard InChI is InChI=1S/C14H31O7P.C6H12Cl3O4P/c1-4-7-10-18-14(19-11-8-5-2,20-12-9-6-3)13-21-22(15,16)17;7-1-4-11-14(10,12-5-2-8)13-6-3-9/h4-13H2,1-3H3,(H2,15,16,17);1-6H2. The van der Waals surface area contributed by atoms with Gasteiger partial charge in [0, 0.05) is 17.6 Å². The largest absolute Gasteiger partial charge is 0.474 e. The summed E-state index contributed by atoms with van der Waals surface area (Å²) in [5, 5.41) is 0. The Hall–Kier alpha value is 0.970. The number of hydrogen-bond donors (Lipinski definition) is 2. The third-order valence-electron chi connectivity index (χ3n) is 3.85. The molecule has 0 rings (SSSR count). The molecule has 0 aromatic heterocycles. The first-order chi connectivity index (χ1) is 17.1. The molecule has 2 N–H and O–H groups in total. The second-order valence-corrected chi connectivity index (χ2v) is 11.1.